The van der Waals surface area contributed by atoms with Crippen molar-refractivity contribution < 1.29 is 4.79 Å². The average Bonchev–Trinajstić information content (AvgIpc) is 2.58. The Morgan fingerprint density at radius 2 is 1.71 bits per heavy atom. The molecule has 2 aromatic rings. The molecular weight excluding hydrogens is 294 g/mol. The van der Waals surface area contributed by atoms with Gasteiger partial charge >= 0.3 is 0 Å². The van der Waals surface area contributed by atoms with Crippen LogP contribution < -0.4 is 5.32 Å². The minimum absolute atomic E-state index is 0.169. The minimum atomic E-state index is 0.169. The summed E-state index contributed by atoms with van der Waals surface area (Å²) in [5, 5.41) is 3.31. The van der Waals surface area contributed by atoms with Crippen molar-refractivity contribution in [1.29, 1.82) is 0 Å². The van der Waals surface area contributed by atoms with Gasteiger partial charge in [0.2, 0.25) is 0 Å². The molecule has 0 radical (unpaired) electrons. The summed E-state index contributed by atoms with van der Waals surface area (Å²) in [6, 6.07) is 16.3. The van der Waals surface area contributed by atoms with E-state index < -0.39 is 0 Å². The summed E-state index contributed by atoms with van der Waals surface area (Å²) < 4.78 is 0. The van der Waals surface area contributed by atoms with E-state index in [0.717, 1.165) is 41.7 Å². The summed E-state index contributed by atoms with van der Waals surface area (Å²) in [5.74, 6) is 0.169. The van der Waals surface area contributed by atoms with Gasteiger partial charge in [0.25, 0.3) is 0 Å². The Labute approximate surface area is 143 Å². The lowest BCUT2D eigenvalue weighted by Gasteiger charge is -2.17. The van der Waals surface area contributed by atoms with E-state index in [9.17, 15) is 4.79 Å². The van der Waals surface area contributed by atoms with Crippen LogP contribution >= 0.6 is 0 Å². The molecule has 0 unspecified atom stereocenters. The van der Waals surface area contributed by atoms with E-state index in [1.807, 2.05) is 42.6 Å². The number of ketones is 1. The second-order valence-corrected chi connectivity index (χ2v) is 6.40. The molecular formula is C22H23NO. The molecule has 1 aliphatic carbocycles. The summed E-state index contributed by atoms with van der Waals surface area (Å²) in [5.41, 5.74) is 6.34. The van der Waals surface area contributed by atoms with E-state index >= 15 is 0 Å². The van der Waals surface area contributed by atoms with Gasteiger partial charge in [-0.25, -0.2) is 0 Å². The fourth-order valence-electron chi connectivity index (χ4n) is 3.07. The van der Waals surface area contributed by atoms with Gasteiger partial charge < -0.3 is 5.32 Å². The van der Waals surface area contributed by atoms with Crippen LogP contribution in [0, 0.1) is 13.8 Å². The lowest BCUT2D eigenvalue weighted by Crippen LogP contribution is -2.13. The largest absolute Gasteiger partial charge is 0.361 e. The Kier molecular flexibility index (Phi) is 4.95. The van der Waals surface area contributed by atoms with Crippen molar-refractivity contribution in [1.82, 2.24) is 0 Å². The molecule has 0 aromatic heterocycles. The Morgan fingerprint density at radius 3 is 2.46 bits per heavy atom. The van der Waals surface area contributed by atoms with Crippen molar-refractivity contribution in [2.45, 2.75) is 33.1 Å². The molecule has 1 N–H and O–H groups in total. The molecule has 0 spiro atoms. The molecule has 0 atom stereocenters. The predicted octanol–water partition coefficient (Wildman–Crippen LogP) is 5.44. The third kappa shape index (κ3) is 3.83. The second-order valence-electron chi connectivity index (χ2n) is 6.40. The number of nitrogens with one attached hydrogen (secondary N) is 1. The monoisotopic (exact) mass is 317 g/mol. The molecule has 3 rings (SSSR count). The van der Waals surface area contributed by atoms with Crippen molar-refractivity contribution in [3.05, 3.63) is 82.6 Å². The van der Waals surface area contributed by atoms with Gasteiger partial charge in [-0.05, 0) is 56.4 Å². The van der Waals surface area contributed by atoms with Gasteiger partial charge in [-0.1, -0.05) is 48.0 Å². The first-order chi connectivity index (χ1) is 11.6. The smallest absolute Gasteiger partial charge is 0.186 e. The second kappa shape index (κ2) is 7.31. The normalized spacial score (nSPS) is 18.2. The van der Waals surface area contributed by atoms with Crippen LogP contribution in [0.5, 0.6) is 0 Å². The molecule has 0 heterocycles. The predicted molar refractivity (Wildman–Crippen MR) is 101 cm³/mol. The Hall–Kier alpha value is -2.61. The van der Waals surface area contributed by atoms with Gasteiger partial charge in [-0.3, -0.25) is 4.79 Å². The molecule has 0 amide bonds. The van der Waals surface area contributed by atoms with Crippen molar-refractivity contribution in [2.24, 2.45) is 0 Å². The van der Waals surface area contributed by atoms with Crippen LogP contribution in [0.15, 0.2) is 65.9 Å². The SMILES string of the molecule is Cc1ccc(N/C=C2/CCC/C(=C/c3ccccc3)C2=O)c(C)c1. The maximum atomic E-state index is 12.7. The van der Waals surface area contributed by atoms with Crippen LogP contribution in [0.2, 0.25) is 0 Å². The standard InChI is InChI=1S/C22H23NO/c1-16-11-12-21(17(2)13-16)23-15-20-10-6-9-19(22(20)24)14-18-7-4-3-5-8-18/h3-5,7-8,11-15,23H,6,9-10H2,1-2H3/b19-14-,20-15-. The topological polar surface area (TPSA) is 29.1 Å². The number of Topliss-reactive ketones (excluding diaryl/α,β-unsaturated/α-hetero) is 1. The van der Waals surface area contributed by atoms with Gasteiger partial charge in [-0.2, -0.15) is 0 Å². The first-order valence-electron chi connectivity index (χ1n) is 8.46. The fraction of sp³-hybridized carbons (Fsp3) is 0.227. The first-order valence-corrected chi connectivity index (χ1v) is 8.46. The van der Waals surface area contributed by atoms with Gasteiger partial charge in [0, 0.05) is 23.0 Å². The number of rotatable bonds is 3. The lowest BCUT2D eigenvalue weighted by atomic mass is 9.88. The molecule has 0 aliphatic heterocycles. The van der Waals surface area contributed by atoms with Crippen molar-refractivity contribution in [3.8, 4) is 0 Å². The molecule has 122 valence electrons. The van der Waals surface area contributed by atoms with E-state index in [1.54, 1.807) is 0 Å². The number of carbonyl (C=O) groups is 1. The summed E-state index contributed by atoms with van der Waals surface area (Å²) in [6.45, 7) is 4.16. The number of carbonyl (C=O) groups excluding carboxylic acids is 1. The summed E-state index contributed by atoms with van der Waals surface area (Å²) in [7, 11) is 0. The Morgan fingerprint density at radius 1 is 0.958 bits per heavy atom. The first kappa shape index (κ1) is 16.3. The van der Waals surface area contributed by atoms with Gasteiger partial charge in [0.15, 0.2) is 5.78 Å². The molecule has 1 aliphatic rings. The molecule has 24 heavy (non-hydrogen) atoms. The van der Waals surface area contributed by atoms with E-state index in [-0.39, 0.29) is 5.78 Å². The van der Waals surface area contributed by atoms with Crippen molar-refractivity contribution in [3.63, 3.8) is 0 Å². The number of anilines is 1. The molecule has 1 saturated carbocycles. The highest BCUT2D eigenvalue weighted by Gasteiger charge is 2.20. The van der Waals surface area contributed by atoms with Gasteiger partial charge in [0.1, 0.15) is 0 Å². The van der Waals surface area contributed by atoms with E-state index in [2.05, 4.69) is 37.4 Å². The van der Waals surface area contributed by atoms with Gasteiger partial charge in [0.05, 0.1) is 0 Å². The van der Waals surface area contributed by atoms with E-state index in [1.165, 1.54) is 11.1 Å². The number of aryl methyl sites for hydroxylation is 2. The Bertz CT molecular complexity index is 800. The minimum Gasteiger partial charge on any atom is -0.361 e. The quantitative estimate of drug-likeness (QED) is 0.764. The number of allylic oxidation sites excluding steroid dienone is 2. The van der Waals surface area contributed by atoms with E-state index in [4.69, 9.17) is 0 Å². The molecule has 1 fully saturated rings. The number of benzene rings is 2. The van der Waals surface area contributed by atoms with Crippen LogP contribution in [-0.2, 0) is 4.79 Å². The van der Waals surface area contributed by atoms with Crippen LogP contribution in [-0.4, -0.2) is 5.78 Å². The van der Waals surface area contributed by atoms with Crippen LogP contribution in [0.25, 0.3) is 6.08 Å². The number of hydrogen-bond acceptors (Lipinski definition) is 2. The van der Waals surface area contributed by atoms with Crippen molar-refractivity contribution >= 4 is 17.5 Å². The highest BCUT2D eigenvalue weighted by molar-refractivity contribution is 6.11. The van der Waals surface area contributed by atoms with Crippen LogP contribution in [0.1, 0.15) is 36.0 Å². The maximum Gasteiger partial charge on any atom is 0.186 e. The lowest BCUT2D eigenvalue weighted by molar-refractivity contribution is -0.112. The molecule has 2 heteroatoms. The zero-order valence-corrected chi connectivity index (χ0v) is 14.3. The maximum absolute atomic E-state index is 12.7. The molecule has 2 nitrogen and oxygen atoms in total. The third-order valence-corrected chi connectivity index (χ3v) is 4.40. The Balaban J connectivity index is 1.78. The summed E-state index contributed by atoms with van der Waals surface area (Å²) in [4.78, 5) is 12.7. The highest BCUT2D eigenvalue weighted by Crippen LogP contribution is 2.27. The zero-order valence-electron chi connectivity index (χ0n) is 14.3. The van der Waals surface area contributed by atoms with E-state index in [0.29, 0.717) is 0 Å². The number of hydrogen-bond donors (Lipinski definition) is 1. The zero-order chi connectivity index (χ0) is 16.9. The molecule has 0 saturated heterocycles. The summed E-state index contributed by atoms with van der Waals surface area (Å²) >= 11 is 0. The summed E-state index contributed by atoms with van der Waals surface area (Å²) in [6.07, 6.45) is 6.62. The van der Waals surface area contributed by atoms with Crippen LogP contribution in [0.4, 0.5) is 5.69 Å². The molecule has 2 aromatic carbocycles. The van der Waals surface area contributed by atoms with Crippen LogP contribution in [0.3, 0.4) is 0 Å². The average molecular weight is 317 g/mol. The molecule has 0 bridgehead atoms. The fourth-order valence-corrected chi connectivity index (χ4v) is 3.07. The van der Waals surface area contributed by atoms with Gasteiger partial charge in [-0.15, -0.1) is 0 Å². The van der Waals surface area contributed by atoms with Crippen molar-refractivity contribution in [2.75, 3.05) is 5.32 Å². The highest BCUT2D eigenvalue weighted by atomic mass is 16.1. The third-order valence-electron chi connectivity index (χ3n) is 4.40.